The predicted molar refractivity (Wildman–Crippen MR) is 94.9 cm³/mol. The number of esters is 1. The third kappa shape index (κ3) is 3.80. The van der Waals surface area contributed by atoms with Crippen LogP contribution in [0.3, 0.4) is 0 Å². The summed E-state index contributed by atoms with van der Waals surface area (Å²) in [6, 6.07) is 10.4. The number of carbonyl (C=O) groups is 2. The Bertz CT molecular complexity index is 936. The molecule has 0 unspecified atom stereocenters. The average molecular weight is 358 g/mol. The molecule has 0 aliphatic carbocycles. The van der Waals surface area contributed by atoms with Crippen LogP contribution < -0.4 is 5.32 Å². The Hall–Kier alpha value is -2.86. The molecule has 6 nitrogen and oxygen atoms in total. The van der Waals surface area contributed by atoms with Crippen LogP contribution in [0.1, 0.15) is 22.6 Å². The molecule has 7 heteroatoms. The van der Waals surface area contributed by atoms with Crippen molar-refractivity contribution in [3.05, 3.63) is 65.2 Å². The number of benzene rings is 1. The lowest BCUT2D eigenvalue weighted by atomic mass is 10.2. The topological polar surface area (TPSA) is 72.7 Å². The first-order valence-corrected chi connectivity index (χ1v) is 8.05. The Balaban J connectivity index is 1.67. The van der Waals surface area contributed by atoms with Crippen LogP contribution in [-0.2, 0) is 16.0 Å². The van der Waals surface area contributed by atoms with Crippen molar-refractivity contribution in [3.63, 3.8) is 0 Å². The first-order chi connectivity index (χ1) is 12.1. The van der Waals surface area contributed by atoms with Gasteiger partial charge in [0, 0.05) is 19.0 Å². The number of ether oxygens (including phenoxy) is 1. The molecule has 2 heterocycles. The van der Waals surface area contributed by atoms with E-state index in [1.54, 1.807) is 18.3 Å². The van der Waals surface area contributed by atoms with E-state index in [1.165, 1.54) is 13.2 Å². The van der Waals surface area contributed by atoms with E-state index in [9.17, 15) is 9.59 Å². The maximum atomic E-state index is 12.2. The number of hydrogen-bond donors (Lipinski definition) is 1. The monoisotopic (exact) mass is 357 g/mol. The van der Waals surface area contributed by atoms with E-state index in [-0.39, 0.29) is 12.3 Å². The van der Waals surface area contributed by atoms with Gasteiger partial charge in [-0.05, 0) is 30.3 Å². The van der Waals surface area contributed by atoms with E-state index in [0.717, 1.165) is 11.3 Å². The molecular weight excluding hydrogens is 342 g/mol. The zero-order valence-electron chi connectivity index (χ0n) is 13.5. The molecule has 1 N–H and O–H groups in total. The molecule has 0 saturated carbocycles. The Morgan fingerprint density at radius 1 is 1.28 bits per heavy atom. The number of carbonyl (C=O) groups excluding carboxylic acids is 2. The standard InChI is InChI=1S/C18H16ClN3O3/c1-25-18(24)12-5-6-14(19)15(10-12)21-17(23)8-7-16-20-11-13-4-2-3-9-22(13)16/h2-6,9-11H,7-8H2,1H3,(H,21,23). The molecule has 0 atom stereocenters. The van der Waals surface area contributed by atoms with Crippen molar-refractivity contribution in [2.24, 2.45) is 0 Å². The molecule has 128 valence electrons. The molecule has 0 bridgehead atoms. The number of nitrogens with zero attached hydrogens (tertiary/aromatic N) is 2. The number of pyridine rings is 1. The van der Waals surface area contributed by atoms with Gasteiger partial charge in [-0.1, -0.05) is 17.7 Å². The van der Waals surface area contributed by atoms with Crippen molar-refractivity contribution >= 4 is 34.7 Å². The summed E-state index contributed by atoms with van der Waals surface area (Å²) in [6.45, 7) is 0. The minimum Gasteiger partial charge on any atom is -0.465 e. The number of imidazole rings is 1. The summed E-state index contributed by atoms with van der Waals surface area (Å²) < 4.78 is 6.61. The summed E-state index contributed by atoms with van der Waals surface area (Å²) in [5.74, 6) is 0.104. The number of amides is 1. The van der Waals surface area contributed by atoms with Crippen LogP contribution >= 0.6 is 11.6 Å². The summed E-state index contributed by atoms with van der Waals surface area (Å²) in [4.78, 5) is 28.1. The Morgan fingerprint density at radius 2 is 2.12 bits per heavy atom. The Morgan fingerprint density at radius 3 is 2.92 bits per heavy atom. The molecule has 1 amide bonds. The summed E-state index contributed by atoms with van der Waals surface area (Å²) in [5, 5.41) is 3.08. The van der Waals surface area contributed by atoms with E-state index >= 15 is 0 Å². The van der Waals surface area contributed by atoms with Crippen molar-refractivity contribution < 1.29 is 14.3 Å². The third-order valence-electron chi connectivity index (χ3n) is 3.75. The van der Waals surface area contributed by atoms with Gasteiger partial charge in [0.1, 0.15) is 5.82 Å². The first-order valence-electron chi connectivity index (χ1n) is 7.67. The molecule has 0 radical (unpaired) electrons. The van der Waals surface area contributed by atoms with Crippen LogP contribution in [0, 0.1) is 0 Å². The van der Waals surface area contributed by atoms with Gasteiger partial charge in [-0.25, -0.2) is 9.78 Å². The third-order valence-corrected chi connectivity index (χ3v) is 4.08. The molecule has 2 aromatic heterocycles. The Labute approximate surface area is 149 Å². The second-order valence-electron chi connectivity index (χ2n) is 5.40. The second kappa shape index (κ2) is 7.36. The van der Waals surface area contributed by atoms with Gasteiger partial charge in [-0.3, -0.25) is 4.79 Å². The number of nitrogens with one attached hydrogen (secondary N) is 1. The van der Waals surface area contributed by atoms with Gasteiger partial charge in [0.05, 0.1) is 35.1 Å². The van der Waals surface area contributed by atoms with Crippen molar-refractivity contribution in [1.29, 1.82) is 0 Å². The average Bonchev–Trinajstić information content (AvgIpc) is 3.04. The lowest BCUT2D eigenvalue weighted by Crippen LogP contribution is -2.14. The van der Waals surface area contributed by atoms with E-state index < -0.39 is 5.97 Å². The molecule has 25 heavy (non-hydrogen) atoms. The van der Waals surface area contributed by atoms with Gasteiger partial charge in [-0.2, -0.15) is 0 Å². The van der Waals surface area contributed by atoms with Crippen LogP contribution in [-0.4, -0.2) is 28.4 Å². The normalized spacial score (nSPS) is 10.6. The van der Waals surface area contributed by atoms with Crippen molar-refractivity contribution in [1.82, 2.24) is 9.38 Å². The van der Waals surface area contributed by atoms with Crippen LogP contribution in [0.5, 0.6) is 0 Å². The number of halogens is 1. The molecule has 0 fully saturated rings. The molecule has 0 saturated heterocycles. The van der Waals surface area contributed by atoms with E-state index in [1.807, 2.05) is 28.8 Å². The van der Waals surface area contributed by atoms with E-state index in [4.69, 9.17) is 11.6 Å². The summed E-state index contributed by atoms with van der Waals surface area (Å²) in [5.41, 5.74) is 1.68. The van der Waals surface area contributed by atoms with Gasteiger partial charge in [0.2, 0.25) is 5.91 Å². The molecule has 0 aliphatic rings. The zero-order valence-corrected chi connectivity index (χ0v) is 14.3. The molecule has 1 aromatic carbocycles. The summed E-state index contributed by atoms with van der Waals surface area (Å²) in [7, 11) is 1.30. The van der Waals surface area contributed by atoms with Gasteiger partial charge < -0.3 is 14.5 Å². The van der Waals surface area contributed by atoms with Gasteiger partial charge in [0.25, 0.3) is 0 Å². The highest BCUT2D eigenvalue weighted by atomic mass is 35.5. The lowest BCUT2D eigenvalue weighted by molar-refractivity contribution is -0.116. The highest BCUT2D eigenvalue weighted by molar-refractivity contribution is 6.33. The number of hydrogen-bond acceptors (Lipinski definition) is 4. The van der Waals surface area contributed by atoms with Crippen molar-refractivity contribution in [3.8, 4) is 0 Å². The number of anilines is 1. The number of fused-ring (bicyclic) bond motifs is 1. The fraction of sp³-hybridized carbons (Fsp3) is 0.167. The predicted octanol–water partition coefficient (Wildman–Crippen LogP) is 3.35. The molecule has 0 aliphatic heterocycles. The zero-order chi connectivity index (χ0) is 17.8. The number of methoxy groups -OCH3 is 1. The van der Waals surface area contributed by atoms with E-state index in [2.05, 4.69) is 15.0 Å². The minimum absolute atomic E-state index is 0.211. The molecule has 3 aromatic rings. The fourth-order valence-electron chi connectivity index (χ4n) is 2.49. The van der Waals surface area contributed by atoms with Crippen LogP contribution in [0.15, 0.2) is 48.8 Å². The lowest BCUT2D eigenvalue weighted by Gasteiger charge is -2.09. The van der Waals surface area contributed by atoms with Crippen molar-refractivity contribution in [2.75, 3.05) is 12.4 Å². The van der Waals surface area contributed by atoms with Gasteiger partial charge >= 0.3 is 5.97 Å². The largest absolute Gasteiger partial charge is 0.465 e. The first kappa shape index (κ1) is 17.0. The number of aryl methyl sites for hydroxylation is 1. The van der Waals surface area contributed by atoms with Crippen LogP contribution in [0.2, 0.25) is 5.02 Å². The SMILES string of the molecule is COC(=O)c1ccc(Cl)c(NC(=O)CCc2ncc3ccccn23)c1. The second-order valence-corrected chi connectivity index (χ2v) is 5.81. The van der Waals surface area contributed by atoms with Gasteiger partial charge in [-0.15, -0.1) is 0 Å². The van der Waals surface area contributed by atoms with Crippen LogP contribution in [0.4, 0.5) is 5.69 Å². The van der Waals surface area contributed by atoms with Gasteiger partial charge in [0.15, 0.2) is 0 Å². The molecule has 0 spiro atoms. The number of aromatic nitrogens is 2. The number of rotatable bonds is 5. The van der Waals surface area contributed by atoms with E-state index in [0.29, 0.717) is 22.7 Å². The quantitative estimate of drug-likeness (QED) is 0.711. The molecule has 3 rings (SSSR count). The smallest absolute Gasteiger partial charge is 0.337 e. The maximum Gasteiger partial charge on any atom is 0.337 e. The highest BCUT2D eigenvalue weighted by Gasteiger charge is 2.12. The Kier molecular flexibility index (Phi) is 5.00. The molecular formula is C18H16ClN3O3. The van der Waals surface area contributed by atoms with Crippen LogP contribution in [0.25, 0.3) is 5.52 Å². The minimum atomic E-state index is -0.490. The fourth-order valence-corrected chi connectivity index (χ4v) is 2.65. The summed E-state index contributed by atoms with van der Waals surface area (Å²) >= 11 is 6.08. The maximum absolute atomic E-state index is 12.2. The highest BCUT2D eigenvalue weighted by Crippen LogP contribution is 2.23. The summed E-state index contributed by atoms with van der Waals surface area (Å²) in [6.07, 6.45) is 4.40. The van der Waals surface area contributed by atoms with Crippen molar-refractivity contribution in [2.45, 2.75) is 12.8 Å².